The third kappa shape index (κ3) is 8.93. The van der Waals surface area contributed by atoms with Crippen LogP contribution < -0.4 is 14.8 Å². The number of hydrogen-bond acceptors (Lipinski definition) is 9. The molecule has 1 saturated carbocycles. The van der Waals surface area contributed by atoms with Crippen LogP contribution in [0.5, 0.6) is 17.2 Å². The van der Waals surface area contributed by atoms with E-state index in [1.165, 1.54) is 17.7 Å². The number of aromatic hydroxyl groups is 1. The highest BCUT2D eigenvalue weighted by atomic mass is 19.4. The molecule has 3 aromatic carbocycles. The molecule has 0 amide bonds. The van der Waals surface area contributed by atoms with E-state index in [-0.39, 0.29) is 30.0 Å². The van der Waals surface area contributed by atoms with E-state index in [2.05, 4.69) is 21.7 Å². The van der Waals surface area contributed by atoms with Gasteiger partial charge in [0.2, 0.25) is 0 Å². The molecule has 9 nitrogen and oxygen atoms in total. The molecule has 1 spiro atoms. The normalized spacial score (nSPS) is 25.3. The maximum atomic E-state index is 13.0. The van der Waals surface area contributed by atoms with Crippen molar-refractivity contribution in [1.29, 1.82) is 0 Å². The average Bonchev–Trinajstić information content (AvgIpc) is 3.57. The molecule has 6 atom stereocenters. The van der Waals surface area contributed by atoms with Crippen LogP contribution in [0.15, 0.2) is 79.4 Å². The van der Waals surface area contributed by atoms with Crippen LogP contribution in [0.2, 0.25) is 0 Å². The molecular formula is C46H60F3N3O6. The highest BCUT2D eigenvalue weighted by Crippen LogP contribution is 2.65. The minimum Gasteiger partial charge on any atom is -0.504 e. The number of hydrogen-bond donors (Lipinski definition) is 3. The summed E-state index contributed by atoms with van der Waals surface area (Å²) in [7, 11) is 2.02. The van der Waals surface area contributed by atoms with Crippen molar-refractivity contribution in [1.82, 2.24) is 15.1 Å². The topological polar surface area (TPSA) is 95.9 Å². The second-order valence-corrected chi connectivity index (χ2v) is 16.5. The summed E-state index contributed by atoms with van der Waals surface area (Å²) in [5, 5.41) is 27.2. The predicted octanol–water partition coefficient (Wildman–Crippen LogP) is 7.45. The quantitative estimate of drug-likeness (QED) is 0.0708. The smallest absolute Gasteiger partial charge is 0.416 e. The van der Waals surface area contributed by atoms with E-state index in [4.69, 9.17) is 18.9 Å². The number of likely N-dealkylation sites (N-methyl/N-ethyl adjacent to an activating group) is 1. The molecule has 2 aliphatic carbocycles. The lowest BCUT2D eigenvalue weighted by atomic mass is 9.48. The highest BCUT2D eigenvalue weighted by molar-refractivity contribution is 5.62. The first-order valence-corrected chi connectivity index (χ1v) is 21.1. The van der Waals surface area contributed by atoms with Gasteiger partial charge in [-0.05, 0) is 100 Å². The van der Waals surface area contributed by atoms with Crippen molar-refractivity contribution in [3.05, 3.63) is 102 Å². The van der Waals surface area contributed by atoms with E-state index in [1.54, 1.807) is 6.07 Å². The van der Waals surface area contributed by atoms with Crippen LogP contribution in [0.25, 0.3) is 0 Å². The van der Waals surface area contributed by atoms with Crippen molar-refractivity contribution < 1.29 is 42.3 Å². The molecule has 58 heavy (non-hydrogen) atoms. The van der Waals surface area contributed by atoms with E-state index >= 15 is 0 Å². The third-order valence-electron chi connectivity index (χ3n) is 13.0. The maximum Gasteiger partial charge on any atom is 0.416 e. The zero-order chi connectivity index (χ0) is 40.8. The number of phenols is 1. The number of rotatable bonds is 22. The van der Waals surface area contributed by atoms with Gasteiger partial charge in [-0.2, -0.15) is 13.2 Å². The van der Waals surface area contributed by atoms with Gasteiger partial charge in [0.05, 0.1) is 36.4 Å². The molecule has 2 aliphatic heterocycles. The van der Waals surface area contributed by atoms with Gasteiger partial charge in [-0.3, -0.25) is 4.90 Å². The van der Waals surface area contributed by atoms with Crippen LogP contribution in [0.1, 0.15) is 79.7 Å². The molecule has 4 aliphatic rings. The van der Waals surface area contributed by atoms with Crippen LogP contribution in [0.4, 0.5) is 13.2 Å². The van der Waals surface area contributed by atoms with Gasteiger partial charge in [-0.25, -0.2) is 0 Å². The van der Waals surface area contributed by atoms with Crippen molar-refractivity contribution in [2.75, 3.05) is 66.2 Å². The first-order valence-electron chi connectivity index (χ1n) is 21.1. The summed E-state index contributed by atoms with van der Waals surface area (Å²) in [5.41, 5.74) is 1.09. The number of piperidine rings is 1. The number of phenolic OH excluding ortho intramolecular Hbond substituents is 1. The third-order valence-corrected chi connectivity index (χ3v) is 13.0. The Bertz CT molecular complexity index is 1800. The molecule has 0 aromatic heterocycles. The Morgan fingerprint density at radius 2 is 1.72 bits per heavy atom. The predicted molar refractivity (Wildman–Crippen MR) is 218 cm³/mol. The minimum atomic E-state index is -4.38. The van der Waals surface area contributed by atoms with Crippen LogP contribution in [0, 0.1) is 0 Å². The Morgan fingerprint density at radius 1 is 0.966 bits per heavy atom. The summed E-state index contributed by atoms with van der Waals surface area (Å²) in [6.45, 7) is 10.3. The molecule has 0 radical (unpaired) electrons. The lowest BCUT2D eigenvalue weighted by Crippen LogP contribution is -2.78. The fourth-order valence-electron chi connectivity index (χ4n) is 10.0. The van der Waals surface area contributed by atoms with Crippen LogP contribution in [0.3, 0.4) is 0 Å². The van der Waals surface area contributed by atoms with Gasteiger partial charge in [-0.1, -0.05) is 55.3 Å². The Hall–Kier alpha value is -3.65. The molecule has 3 aromatic rings. The Balaban J connectivity index is 0.753. The molecule has 12 heteroatoms. The number of nitrogens with zero attached hydrogens (tertiary/aromatic N) is 2. The number of unbranched alkanes of at least 4 members (excludes halogenated alkanes) is 3. The van der Waals surface area contributed by atoms with E-state index < -0.39 is 22.8 Å². The molecule has 3 unspecified atom stereocenters. The summed E-state index contributed by atoms with van der Waals surface area (Å²) in [4.78, 5) is 4.55. The fraction of sp³-hybridized carbons (Fsp3) is 0.565. The Morgan fingerprint density at radius 3 is 2.48 bits per heavy atom. The van der Waals surface area contributed by atoms with Crippen LogP contribution in [-0.2, 0) is 27.5 Å². The number of benzene rings is 3. The summed E-state index contributed by atoms with van der Waals surface area (Å²) in [6, 6.07) is 18.5. The number of aliphatic hydroxyl groups is 1. The first-order chi connectivity index (χ1) is 28.0. The zero-order valence-corrected chi connectivity index (χ0v) is 33.7. The largest absolute Gasteiger partial charge is 0.504 e. The molecule has 2 bridgehead atoms. The molecular weight excluding hydrogens is 748 g/mol. The van der Waals surface area contributed by atoms with Gasteiger partial charge < -0.3 is 39.4 Å². The summed E-state index contributed by atoms with van der Waals surface area (Å²) in [5.74, 6) is 1.16. The summed E-state index contributed by atoms with van der Waals surface area (Å²) >= 11 is 0. The van der Waals surface area contributed by atoms with Gasteiger partial charge >= 0.3 is 6.18 Å². The van der Waals surface area contributed by atoms with Gasteiger partial charge in [0.1, 0.15) is 18.0 Å². The summed E-state index contributed by atoms with van der Waals surface area (Å²) < 4.78 is 63.5. The number of halogens is 3. The van der Waals surface area contributed by atoms with Crippen molar-refractivity contribution in [3.8, 4) is 17.2 Å². The molecule has 2 heterocycles. The van der Waals surface area contributed by atoms with Gasteiger partial charge in [0, 0.05) is 50.3 Å². The number of nitrogens with one attached hydrogen (secondary N) is 1. The van der Waals surface area contributed by atoms with Crippen molar-refractivity contribution >= 4 is 0 Å². The van der Waals surface area contributed by atoms with Crippen molar-refractivity contribution in [3.63, 3.8) is 0 Å². The zero-order valence-electron chi connectivity index (χ0n) is 33.7. The maximum absolute atomic E-state index is 13.0. The molecule has 2 fully saturated rings. The number of alkyl halides is 3. The monoisotopic (exact) mass is 807 g/mol. The number of likely N-dealkylation sites (tertiary alicyclic amines) is 1. The minimum absolute atomic E-state index is 0.00923. The van der Waals surface area contributed by atoms with E-state index in [1.807, 2.05) is 49.5 Å². The molecule has 7 rings (SSSR count). The lowest BCUT2D eigenvalue weighted by molar-refractivity contribution is -0.189. The SMILES string of the molecule is C=CCN1CC[C@]23c4c5ccc(O)c4OC2[C@H](NCCCCCCOCCOCCN(C)CCC(Oc2ccc(C(F)(F)F)cc2)c2ccccc2)CC[C@@]3(O)C1C5. The van der Waals surface area contributed by atoms with Gasteiger partial charge in [0.15, 0.2) is 11.5 Å². The van der Waals surface area contributed by atoms with Crippen molar-refractivity contribution in [2.24, 2.45) is 0 Å². The number of ether oxygens (including phenoxy) is 4. The Labute approximate surface area is 341 Å². The first kappa shape index (κ1) is 42.5. The van der Waals surface area contributed by atoms with Crippen LogP contribution in [-0.4, -0.2) is 110 Å². The standard InChI is InChI=1S/C46H60F3N3O6/c1-3-24-52-26-22-44-41-34-13-18-38(53)42(41)58-43(44)37(19-21-45(44,54)40(52)32-34)50-23-9-4-5-10-28-55-30-31-56-29-27-51(2)25-20-39(33-11-7-6-8-12-33)57-36-16-14-35(15-17-36)46(47,48)49/h3,6-8,11-18,37,39-40,43,50,53-54H,1,4-5,9-10,19-32H2,2H3/t37-,39?,40?,43?,44+,45-/m1/s1. The molecule has 3 N–H and O–H groups in total. The van der Waals surface area contributed by atoms with Crippen molar-refractivity contribution in [2.45, 2.75) is 99.3 Å². The second-order valence-electron chi connectivity index (χ2n) is 16.5. The molecule has 316 valence electrons. The van der Waals surface area contributed by atoms with Crippen LogP contribution >= 0.6 is 0 Å². The average molecular weight is 808 g/mol. The summed E-state index contributed by atoms with van der Waals surface area (Å²) in [6.07, 6.45) is 5.00. The lowest BCUT2D eigenvalue weighted by Gasteiger charge is -2.64. The highest BCUT2D eigenvalue weighted by Gasteiger charge is 2.72. The fourth-order valence-corrected chi connectivity index (χ4v) is 10.0. The Kier molecular flexibility index (Phi) is 13.7. The van der Waals surface area contributed by atoms with E-state index in [0.29, 0.717) is 50.8 Å². The van der Waals surface area contributed by atoms with E-state index in [9.17, 15) is 23.4 Å². The second kappa shape index (κ2) is 18.7. The van der Waals surface area contributed by atoms with Gasteiger partial charge in [0.25, 0.3) is 0 Å². The molecule has 1 saturated heterocycles. The van der Waals surface area contributed by atoms with E-state index in [0.717, 1.165) is 101 Å². The van der Waals surface area contributed by atoms with Gasteiger partial charge in [-0.15, -0.1) is 6.58 Å².